The van der Waals surface area contributed by atoms with E-state index < -0.39 is 6.09 Å². The molecule has 1 unspecified atom stereocenters. The van der Waals surface area contributed by atoms with Crippen molar-refractivity contribution in [3.63, 3.8) is 0 Å². The molecule has 1 fully saturated rings. The predicted octanol–water partition coefficient (Wildman–Crippen LogP) is 6.65. The van der Waals surface area contributed by atoms with Gasteiger partial charge in [0.1, 0.15) is 18.9 Å². The number of piperidine rings is 1. The fourth-order valence-corrected chi connectivity index (χ4v) is 5.40. The molecule has 1 aliphatic heterocycles. The Bertz CT molecular complexity index is 1650. The fraction of sp³-hybridized carbons (Fsp3) is 0.242. The number of amides is 1. The van der Waals surface area contributed by atoms with Crippen molar-refractivity contribution in [2.45, 2.75) is 32.0 Å². The van der Waals surface area contributed by atoms with Crippen LogP contribution >= 0.6 is 0 Å². The number of ether oxygens (including phenoxy) is 2. The molecule has 8 heteroatoms. The number of hydrogen-bond acceptors (Lipinski definition) is 5. The number of pyridine rings is 1. The first-order valence-electron chi connectivity index (χ1n) is 13.8. The number of aromatic nitrogens is 3. The van der Waals surface area contributed by atoms with Crippen LogP contribution in [-0.4, -0.2) is 44.0 Å². The summed E-state index contributed by atoms with van der Waals surface area (Å²) < 4.78 is 14.2. The van der Waals surface area contributed by atoms with Gasteiger partial charge in [-0.1, -0.05) is 72.8 Å². The average Bonchev–Trinajstić information content (AvgIpc) is 3.35. The van der Waals surface area contributed by atoms with Crippen molar-refractivity contribution >= 4 is 17.0 Å². The van der Waals surface area contributed by atoms with E-state index in [2.05, 4.69) is 18.2 Å². The molecule has 1 saturated heterocycles. The molecule has 1 aliphatic rings. The number of benzene rings is 3. The Morgan fingerprint density at radius 1 is 0.927 bits per heavy atom. The SMILES string of the molecule is Cn1nc(-c2ccc(OCc3ccccc3)nc2OCc2ccccc2)c2ccc(C3CCCN(C(=O)O)C3)cc21. The maximum absolute atomic E-state index is 11.6. The van der Waals surface area contributed by atoms with Crippen molar-refractivity contribution in [3.8, 4) is 23.0 Å². The third kappa shape index (κ3) is 5.87. The fourth-order valence-electron chi connectivity index (χ4n) is 5.40. The van der Waals surface area contributed by atoms with Crippen LogP contribution in [0.1, 0.15) is 35.4 Å². The standard InChI is InChI=1S/C33H32N4O4/c1-36-29-19-25(26-13-8-18-37(20-26)33(38)39)14-15-27(29)31(35-36)28-16-17-30(40-21-23-9-4-2-5-10-23)34-32(28)41-22-24-11-6-3-7-12-24/h2-7,9-12,14-17,19,26H,8,13,18,20-22H2,1H3,(H,38,39). The van der Waals surface area contributed by atoms with Gasteiger partial charge >= 0.3 is 6.09 Å². The molecule has 2 aromatic heterocycles. The van der Waals surface area contributed by atoms with Crippen LogP contribution in [0.4, 0.5) is 4.79 Å². The number of rotatable bonds is 8. The van der Waals surface area contributed by atoms with Crippen LogP contribution in [0, 0.1) is 0 Å². The summed E-state index contributed by atoms with van der Waals surface area (Å²) in [6.45, 7) is 1.87. The molecule has 3 aromatic carbocycles. The molecule has 3 heterocycles. The maximum atomic E-state index is 11.6. The lowest BCUT2D eigenvalue weighted by molar-refractivity contribution is 0.130. The number of carboxylic acid groups (broad SMARTS) is 1. The molecule has 0 aliphatic carbocycles. The molecule has 0 spiro atoms. The molecule has 0 radical (unpaired) electrons. The van der Waals surface area contributed by atoms with Crippen LogP contribution in [0.3, 0.4) is 0 Å². The van der Waals surface area contributed by atoms with Crippen molar-refractivity contribution in [2.75, 3.05) is 13.1 Å². The van der Waals surface area contributed by atoms with E-state index in [1.54, 1.807) is 0 Å². The zero-order valence-electron chi connectivity index (χ0n) is 22.9. The summed E-state index contributed by atoms with van der Waals surface area (Å²) in [5, 5.41) is 15.3. The van der Waals surface area contributed by atoms with Gasteiger partial charge in [-0.2, -0.15) is 10.1 Å². The Morgan fingerprint density at radius 2 is 1.63 bits per heavy atom. The van der Waals surface area contributed by atoms with Crippen LogP contribution in [0.15, 0.2) is 91.0 Å². The molecule has 0 bridgehead atoms. The third-order valence-corrected chi connectivity index (χ3v) is 7.58. The highest BCUT2D eigenvalue weighted by atomic mass is 16.5. The van der Waals surface area contributed by atoms with Gasteiger partial charge in [0.2, 0.25) is 11.8 Å². The van der Waals surface area contributed by atoms with Crippen LogP contribution < -0.4 is 9.47 Å². The first kappa shape index (κ1) is 26.4. The van der Waals surface area contributed by atoms with E-state index >= 15 is 0 Å². The second-order valence-corrected chi connectivity index (χ2v) is 10.4. The van der Waals surface area contributed by atoms with Crippen molar-refractivity contribution in [2.24, 2.45) is 7.05 Å². The number of carbonyl (C=O) groups is 1. The monoisotopic (exact) mass is 548 g/mol. The lowest BCUT2D eigenvalue weighted by Gasteiger charge is -2.31. The van der Waals surface area contributed by atoms with Crippen LogP contribution in [0.25, 0.3) is 22.2 Å². The molecule has 1 amide bonds. The van der Waals surface area contributed by atoms with E-state index in [0.29, 0.717) is 38.1 Å². The summed E-state index contributed by atoms with van der Waals surface area (Å²) in [7, 11) is 1.93. The van der Waals surface area contributed by atoms with Gasteiger partial charge in [-0.25, -0.2) is 4.79 Å². The van der Waals surface area contributed by atoms with Gasteiger partial charge in [-0.3, -0.25) is 4.68 Å². The normalized spacial score (nSPS) is 15.1. The van der Waals surface area contributed by atoms with Gasteiger partial charge in [0.15, 0.2) is 0 Å². The van der Waals surface area contributed by atoms with E-state index in [9.17, 15) is 9.90 Å². The molecule has 0 saturated carbocycles. The summed E-state index contributed by atoms with van der Waals surface area (Å²) in [4.78, 5) is 17.8. The minimum Gasteiger partial charge on any atom is -0.473 e. The number of fused-ring (bicyclic) bond motifs is 1. The Morgan fingerprint density at radius 3 is 2.34 bits per heavy atom. The largest absolute Gasteiger partial charge is 0.473 e. The summed E-state index contributed by atoms with van der Waals surface area (Å²) in [6.07, 6.45) is 0.967. The summed E-state index contributed by atoms with van der Waals surface area (Å²) in [5.41, 5.74) is 5.75. The Kier molecular flexibility index (Phi) is 7.54. The first-order chi connectivity index (χ1) is 20.0. The summed E-state index contributed by atoms with van der Waals surface area (Å²) in [6, 6.07) is 30.1. The Balaban J connectivity index is 1.32. The first-order valence-corrected chi connectivity index (χ1v) is 13.8. The molecule has 1 atom stereocenters. The van der Waals surface area contributed by atoms with Crippen LogP contribution in [0.2, 0.25) is 0 Å². The van der Waals surface area contributed by atoms with Crippen LogP contribution in [-0.2, 0) is 20.3 Å². The third-order valence-electron chi connectivity index (χ3n) is 7.58. The molecule has 41 heavy (non-hydrogen) atoms. The highest BCUT2D eigenvalue weighted by Crippen LogP contribution is 2.37. The van der Waals surface area contributed by atoms with E-state index in [1.165, 1.54) is 4.90 Å². The smallest absolute Gasteiger partial charge is 0.407 e. The van der Waals surface area contributed by atoms with E-state index in [4.69, 9.17) is 19.6 Å². The molecular formula is C33H32N4O4. The van der Waals surface area contributed by atoms with Gasteiger partial charge in [-0.05, 0) is 41.7 Å². The molecule has 208 valence electrons. The highest BCUT2D eigenvalue weighted by molar-refractivity contribution is 5.95. The number of nitrogens with zero attached hydrogens (tertiary/aromatic N) is 4. The molecule has 6 rings (SSSR count). The highest BCUT2D eigenvalue weighted by Gasteiger charge is 2.25. The van der Waals surface area contributed by atoms with Gasteiger partial charge < -0.3 is 19.5 Å². The second-order valence-electron chi connectivity index (χ2n) is 10.4. The number of hydrogen-bond donors (Lipinski definition) is 1. The second kappa shape index (κ2) is 11.7. The molecular weight excluding hydrogens is 516 g/mol. The minimum atomic E-state index is -0.856. The Hall–Kier alpha value is -4.85. The van der Waals surface area contributed by atoms with Gasteiger partial charge in [0.25, 0.3) is 0 Å². The van der Waals surface area contributed by atoms with Crippen LogP contribution in [0.5, 0.6) is 11.8 Å². The predicted molar refractivity (Wildman–Crippen MR) is 157 cm³/mol. The molecule has 1 N–H and O–H groups in total. The topological polar surface area (TPSA) is 89.7 Å². The van der Waals surface area contributed by atoms with E-state index in [1.807, 2.05) is 84.5 Å². The lowest BCUT2D eigenvalue weighted by Crippen LogP contribution is -2.38. The molecule has 5 aromatic rings. The van der Waals surface area contributed by atoms with Crippen molar-refractivity contribution in [1.82, 2.24) is 19.7 Å². The van der Waals surface area contributed by atoms with Crippen molar-refractivity contribution in [3.05, 3.63) is 108 Å². The van der Waals surface area contributed by atoms with Gasteiger partial charge in [-0.15, -0.1) is 0 Å². The summed E-state index contributed by atoms with van der Waals surface area (Å²) >= 11 is 0. The zero-order valence-corrected chi connectivity index (χ0v) is 22.9. The lowest BCUT2D eigenvalue weighted by atomic mass is 9.90. The zero-order chi connectivity index (χ0) is 28.2. The van der Waals surface area contributed by atoms with Crippen molar-refractivity contribution in [1.29, 1.82) is 0 Å². The van der Waals surface area contributed by atoms with Gasteiger partial charge in [0.05, 0.1) is 11.1 Å². The van der Waals surface area contributed by atoms with E-state index in [-0.39, 0.29) is 5.92 Å². The minimum absolute atomic E-state index is 0.162. The molecule has 8 nitrogen and oxygen atoms in total. The summed E-state index contributed by atoms with van der Waals surface area (Å²) in [5.74, 6) is 1.09. The van der Waals surface area contributed by atoms with Crippen molar-refractivity contribution < 1.29 is 19.4 Å². The van der Waals surface area contributed by atoms with E-state index in [0.717, 1.165) is 51.7 Å². The van der Waals surface area contributed by atoms with Gasteiger partial charge in [0, 0.05) is 37.5 Å². The maximum Gasteiger partial charge on any atom is 0.407 e. The number of likely N-dealkylation sites (tertiary alicyclic amines) is 1. The quantitative estimate of drug-likeness (QED) is 0.234. The Labute approximate surface area is 238 Å². The average molecular weight is 549 g/mol. The number of aryl methyl sites for hydroxylation is 1.